The third-order valence-corrected chi connectivity index (χ3v) is 5.19. The molecule has 1 fully saturated rings. The summed E-state index contributed by atoms with van der Waals surface area (Å²) in [7, 11) is 3.92. The first-order valence-electron chi connectivity index (χ1n) is 9.80. The largest absolute Gasteiger partial charge is 0.416 e. The van der Waals surface area contributed by atoms with E-state index in [1.54, 1.807) is 0 Å². The lowest BCUT2D eigenvalue weighted by Crippen LogP contribution is -2.43. The van der Waals surface area contributed by atoms with Crippen LogP contribution in [0.2, 0.25) is 0 Å². The molecule has 0 saturated carbocycles. The molecule has 1 unspecified atom stereocenters. The average molecular weight is 421 g/mol. The maximum Gasteiger partial charge on any atom is 0.416 e. The summed E-state index contributed by atoms with van der Waals surface area (Å²) in [4.78, 5) is 16.8. The lowest BCUT2D eigenvalue weighted by Gasteiger charge is -2.35. The van der Waals surface area contributed by atoms with Crippen LogP contribution in [0.5, 0.6) is 0 Å². The normalized spacial score (nSPS) is 16.2. The number of ether oxygens (including phenoxy) is 1. The Morgan fingerprint density at radius 2 is 1.80 bits per heavy atom. The van der Waals surface area contributed by atoms with Crippen LogP contribution in [0.25, 0.3) is 0 Å². The first-order valence-corrected chi connectivity index (χ1v) is 9.80. The molecule has 0 bridgehead atoms. The zero-order valence-corrected chi connectivity index (χ0v) is 17.1. The molecule has 8 heteroatoms. The highest BCUT2D eigenvalue weighted by Crippen LogP contribution is 2.29. The van der Waals surface area contributed by atoms with Crippen LogP contribution in [0.15, 0.2) is 48.5 Å². The van der Waals surface area contributed by atoms with Crippen molar-refractivity contribution in [3.05, 3.63) is 65.2 Å². The predicted octanol–water partition coefficient (Wildman–Crippen LogP) is 3.57. The molecule has 0 spiro atoms. The van der Waals surface area contributed by atoms with Gasteiger partial charge in [0.25, 0.3) is 5.91 Å². The smallest absolute Gasteiger partial charge is 0.379 e. The van der Waals surface area contributed by atoms with E-state index in [1.165, 1.54) is 12.1 Å². The van der Waals surface area contributed by atoms with Crippen LogP contribution in [-0.4, -0.2) is 57.8 Å². The number of alkyl halides is 3. The summed E-state index contributed by atoms with van der Waals surface area (Å²) in [5.41, 5.74) is 1.26. The monoisotopic (exact) mass is 421 g/mol. The fourth-order valence-corrected chi connectivity index (χ4v) is 3.47. The van der Waals surface area contributed by atoms with Crippen LogP contribution in [0.3, 0.4) is 0 Å². The molecular formula is C22H26F3N3O2. The number of morpholine rings is 1. The highest BCUT2D eigenvalue weighted by Gasteiger charge is 2.31. The maximum atomic E-state index is 12.9. The lowest BCUT2D eigenvalue weighted by atomic mass is 10.0. The van der Waals surface area contributed by atoms with Crippen LogP contribution < -0.4 is 10.2 Å². The number of nitrogens with one attached hydrogen (secondary N) is 1. The number of amides is 1. The van der Waals surface area contributed by atoms with E-state index in [9.17, 15) is 18.0 Å². The van der Waals surface area contributed by atoms with Gasteiger partial charge in [-0.1, -0.05) is 18.2 Å². The fourth-order valence-electron chi connectivity index (χ4n) is 3.47. The average Bonchev–Trinajstić information content (AvgIpc) is 2.74. The van der Waals surface area contributed by atoms with Crippen LogP contribution in [0.1, 0.15) is 27.5 Å². The maximum absolute atomic E-state index is 12.9. The van der Waals surface area contributed by atoms with Crippen molar-refractivity contribution in [3.8, 4) is 0 Å². The van der Waals surface area contributed by atoms with E-state index in [2.05, 4.69) is 10.2 Å². The minimum atomic E-state index is -4.49. The van der Waals surface area contributed by atoms with E-state index < -0.39 is 17.6 Å². The standard InChI is InChI=1S/C22H26F3N3O2/c1-27(2)19-8-6-16(7-9-19)20(28-10-12-30-13-11-28)15-26-21(29)17-4-3-5-18(14-17)22(23,24)25/h3-9,14,20H,10-13,15H2,1-2H3,(H,26,29). The number of carbonyl (C=O) groups is 1. The first kappa shape index (κ1) is 22.1. The van der Waals surface area contributed by atoms with Crippen LogP contribution in [-0.2, 0) is 10.9 Å². The van der Waals surface area contributed by atoms with Gasteiger partial charge in [-0.25, -0.2) is 0 Å². The molecule has 0 aliphatic carbocycles. The molecule has 2 aromatic carbocycles. The molecule has 1 heterocycles. The molecule has 1 N–H and O–H groups in total. The zero-order chi connectivity index (χ0) is 21.7. The first-order chi connectivity index (χ1) is 14.3. The molecule has 3 rings (SSSR count). The summed E-state index contributed by atoms with van der Waals surface area (Å²) in [5.74, 6) is -0.524. The van der Waals surface area contributed by atoms with Gasteiger partial charge in [0.2, 0.25) is 0 Å². The molecule has 30 heavy (non-hydrogen) atoms. The zero-order valence-electron chi connectivity index (χ0n) is 17.1. The van der Waals surface area contributed by atoms with E-state index >= 15 is 0 Å². The van der Waals surface area contributed by atoms with Gasteiger partial charge in [-0.2, -0.15) is 13.2 Å². The summed E-state index contributed by atoms with van der Waals surface area (Å²) >= 11 is 0. The highest BCUT2D eigenvalue weighted by atomic mass is 19.4. The van der Waals surface area contributed by atoms with Gasteiger partial charge in [0.15, 0.2) is 0 Å². The Morgan fingerprint density at radius 3 is 2.40 bits per heavy atom. The topological polar surface area (TPSA) is 44.8 Å². The number of benzene rings is 2. The van der Waals surface area contributed by atoms with E-state index in [1.807, 2.05) is 43.3 Å². The Labute approximate surface area is 174 Å². The Balaban J connectivity index is 1.75. The quantitative estimate of drug-likeness (QED) is 0.775. The van der Waals surface area contributed by atoms with Crippen molar-refractivity contribution in [2.75, 3.05) is 51.8 Å². The van der Waals surface area contributed by atoms with Crippen molar-refractivity contribution < 1.29 is 22.7 Å². The van der Waals surface area contributed by atoms with Gasteiger partial charge in [-0.15, -0.1) is 0 Å². The van der Waals surface area contributed by atoms with Gasteiger partial charge in [-0.05, 0) is 35.9 Å². The number of halogens is 3. The van der Waals surface area contributed by atoms with Crippen molar-refractivity contribution in [2.24, 2.45) is 0 Å². The second-order valence-corrected chi connectivity index (χ2v) is 7.44. The Bertz CT molecular complexity index is 847. The van der Waals surface area contributed by atoms with E-state index in [0.717, 1.165) is 36.5 Å². The number of anilines is 1. The van der Waals surface area contributed by atoms with Gasteiger partial charge >= 0.3 is 6.18 Å². The molecule has 1 atom stereocenters. The minimum absolute atomic E-state index is 0.00601. The van der Waals surface area contributed by atoms with E-state index in [4.69, 9.17) is 4.74 Å². The van der Waals surface area contributed by atoms with Crippen LogP contribution >= 0.6 is 0 Å². The lowest BCUT2D eigenvalue weighted by molar-refractivity contribution is -0.137. The predicted molar refractivity (Wildman–Crippen MR) is 110 cm³/mol. The second kappa shape index (κ2) is 9.49. The van der Waals surface area contributed by atoms with Gasteiger partial charge in [-0.3, -0.25) is 9.69 Å². The van der Waals surface area contributed by atoms with Crippen molar-refractivity contribution >= 4 is 11.6 Å². The van der Waals surface area contributed by atoms with Crippen LogP contribution in [0, 0.1) is 0 Å². The second-order valence-electron chi connectivity index (χ2n) is 7.44. The Hall–Kier alpha value is -2.58. The number of carbonyl (C=O) groups excluding carboxylic acids is 1. The SMILES string of the molecule is CN(C)c1ccc(C(CNC(=O)c2cccc(C(F)(F)F)c2)N2CCOCC2)cc1. The number of nitrogens with zero attached hydrogens (tertiary/aromatic N) is 2. The van der Waals surface area contributed by atoms with Gasteiger partial charge in [0, 0.05) is 45.0 Å². The molecule has 0 aromatic heterocycles. The van der Waals surface area contributed by atoms with Gasteiger partial charge < -0.3 is 15.0 Å². The Morgan fingerprint density at radius 1 is 1.13 bits per heavy atom. The summed E-state index contributed by atoms with van der Waals surface area (Å²) in [6.45, 7) is 2.94. The fraction of sp³-hybridized carbons (Fsp3) is 0.409. The van der Waals surface area contributed by atoms with Crippen molar-refractivity contribution in [3.63, 3.8) is 0 Å². The number of hydrogen-bond acceptors (Lipinski definition) is 4. The summed E-state index contributed by atoms with van der Waals surface area (Å²) in [6.07, 6.45) is -4.49. The third-order valence-electron chi connectivity index (χ3n) is 5.19. The molecule has 162 valence electrons. The van der Waals surface area contributed by atoms with E-state index in [-0.39, 0.29) is 18.2 Å². The molecule has 2 aromatic rings. The minimum Gasteiger partial charge on any atom is -0.379 e. The van der Waals surface area contributed by atoms with Crippen molar-refractivity contribution in [1.82, 2.24) is 10.2 Å². The third kappa shape index (κ3) is 5.52. The number of rotatable bonds is 6. The van der Waals surface area contributed by atoms with Crippen molar-refractivity contribution in [2.45, 2.75) is 12.2 Å². The molecule has 1 amide bonds. The summed E-state index contributed by atoms with van der Waals surface area (Å²) in [5, 5.41) is 2.81. The summed E-state index contributed by atoms with van der Waals surface area (Å²) < 4.78 is 44.3. The molecule has 1 saturated heterocycles. The molecule has 1 aliphatic rings. The van der Waals surface area contributed by atoms with Crippen LogP contribution in [0.4, 0.5) is 18.9 Å². The number of hydrogen-bond donors (Lipinski definition) is 1. The van der Waals surface area contributed by atoms with Crippen molar-refractivity contribution in [1.29, 1.82) is 0 Å². The molecule has 5 nitrogen and oxygen atoms in total. The van der Waals surface area contributed by atoms with Gasteiger partial charge in [0.1, 0.15) is 0 Å². The molecular weight excluding hydrogens is 395 g/mol. The van der Waals surface area contributed by atoms with E-state index in [0.29, 0.717) is 13.2 Å². The summed E-state index contributed by atoms with van der Waals surface area (Å²) in [6, 6.07) is 12.4. The Kier molecular flexibility index (Phi) is 6.99. The highest BCUT2D eigenvalue weighted by molar-refractivity contribution is 5.94. The van der Waals surface area contributed by atoms with Gasteiger partial charge in [0.05, 0.1) is 24.8 Å². The molecule has 1 aliphatic heterocycles. The molecule has 0 radical (unpaired) electrons.